The molecule has 2 aromatic rings. The molecule has 1 aromatic carbocycles. The predicted molar refractivity (Wildman–Crippen MR) is 52.2 cm³/mol. The Hall–Kier alpha value is -1.95. The van der Waals surface area contributed by atoms with Crippen LogP contribution in [-0.4, -0.2) is 4.98 Å². The molecule has 3 nitrogen and oxygen atoms in total. The van der Waals surface area contributed by atoms with E-state index in [1.807, 2.05) is 19.1 Å². The Morgan fingerprint density at radius 2 is 2.23 bits per heavy atom. The largest absolute Gasteiger partial charge is 0.397 e. The van der Waals surface area contributed by atoms with Crippen molar-refractivity contribution in [2.45, 2.75) is 6.92 Å². The second-order valence-corrected chi connectivity index (χ2v) is 3.04. The minimum absolute atomic E-state index is 0.653. The van der Waals surface area contributed by atoms with Crippen LogP contribution in [0.5, 0.6) is 0 Å². The molecule has 3 N–H and O–H groups in total. The van der Waals surface area contributed by atoms with E-state index in [1.54, 1.807) is 6.20 Å². The third-order valence-electron chi connectivity index (χ3n) is 2.20. The van der Waals surface area contributed by atoms with Gasteiger partial charge >= 0.3 is 0 Å². The molecule has 0 amide bonds. The zero-order chi connectivity index (χ0) is 9.42. The SMILES string of the molecule is Cc1ccc(N)c2[nH]cc(C#N)c12. The van der Waals surface area contributed by atoms with Crippen LogP contribution in [-0.2, 0) is 0 Å². The molecule has 0 fully saturated rings. The third-order valence-corrected chi connectivity index (χ3v) is 2.20. The number of hydrogen-bond donors (Lipinski definition) is 2. The number of nitrogens with one attached hydrogen (secondary N) is 1. The second kappa shape index (κ2) is 2.53. The summed E-state index contributed by atoms with van der Waals surface area (Å²) in [6.07, 6.45) is 1.69. The second-order valence-electron chi connectivity index (χ2n) is 3.04. The van der Waals surface area contributed by atoms with Crippen LogP contribution in [0.1, 0.15) is 11.1 Å². The highest BCUT2D eigenvalue weighted by Crippen LogP contribution is 2.25. The van der Waals surface area contributed by atoms with Crippen LogP contribution in [0.25, 0.3) is 10.9 Å². The first-order valence-corrected chi connectivity index (χ1v) is 4.00. The molecule has 0 aliphatic heterocycles. The fourth-order valence-electron chi connectivity index (χ4n) is 1.53. The van der Waals surface area contributed by atoms with E-state index >= 15 is 0 Å². The standard InChI is InChI=1S/C10H9N3/c1-6-2-3-8(12)10-9(6)7(4-11)5-13-10/h2-3,5,13H,12H2,1H3. The van der Waals surface area contributed by atoms with Crippen LogP contribution < -0.4 is 5.73 Å². The van der Waals surface area contributed by atoms with Crippen molar-refractivity contribution < 1.29 is 0 Å². The van der Waals surface area contributed by atoms with Gasteiger partial charge < -0.3 is 10.7 Å². The summed E-state index contributed by atoms with van der Waals surface area (Å²) in [7, 11) is 0. The molecule has 0 aliphatic rings. The third kappa shape index (κ3) is 0.960. The summed E-state index contributed by atoms with van der Waals surface area (Å²) in [5.41, 5.74) is 9.02. The molecule has 1 heterocycles. The number of aryl methyl sites for hydroxylation is 1. The molecule has 0 spiro atoms. The van der Waals surface area contributed by atoms with Crippen LogP contribution in [0.15, 0.2) is 18.3 Å². The number of nitrogens with two attached hydrogens (primary N) is 1. The van der Waals surface area contributed by atoms with Crippen LogP contribution in [0, 0.1) is 18.3 Å². The first-order chi connectivity index (χ1) is 6.24. The van der Waals surface area contributed by atoms with E-state index in [1.165, 1.54) is 0 Å². The summed E-state index contributed by atoms with van der Waals surface area (Å²) in [4.78, 5) is 3.00. The number of aromatic nitrogens is 1. The van der Waals surface area contributed by atoms with E-state index < -0.39 is 0 Å². The van der Waals surface area contributed by atoms with Crippen molar-refractivity contribution in [3.05, 3.63) is 29.5 Å². The minimum atomic E-state index is 0.653. The van der Waals surface area contributed by atoms with E-state index in [-0.39, 0.29) is 0 Å². The van der Waals surface area contributed by atoms with Crippen molar-refractivity contribution >= 4 is 16.6 Å². The maximum absolute atomic E-state index is 8.83. The van der Waals surface area contributed by atoms with E-state index in [2.05, 4.69) is 11.1 Å². The summed E-state index contributed by atoms with van der Waals surface area (Å²) < 4.78 is 0. The molecule has 13 heavy (non-hydrogen) atoms. The Labute approximate surface area is 75.8 Å². The van der Waals surface area contributed by atoms with Gasteiger partial charge in [0.25, 0.3) is 0 Å². The first-order valence-electron chi connectivity index (χ1n) is 4.00. The molecule has 3 heteroatoms. The van der Waals surface area contributed by atoms with Gasteiger partial charge in [-0.1, -0.05) is 6.07 Å². The number of fused-ring (bicyclic) bond motifs is 1. The molecular weight excluding hydrogens is 162 g/mol. The lowest BCUT2D eigenvalue weighted by molar-refractivity contribution is 1.45. The monoisotopic (exact) mass is 171 g/mol. The van der Waals surface area contributed by atoms with Gasteiger partial charge in [0, 0.05) is 11.6 Å². The van der Waals surface area contributed by atoms with Crippen LogP contribution in [0.3, 0.4) is 0 Å². The number of nitriles is 1. The number of anilines is 1. The van der Waals surface area contributed by atoms with Gasteiger partial charge in [0.15, 0.2) is 0 Å². The Morgan fingerprint density at radius 3 is 2.92 bits per heavy atom. The summed E-state index contributed by atoms with van der Waals surface area (Å²) in [5.74, 6) is 0. The minimum Gasteiger partial charge on any atom is -0.397 e. The molecule has 0 saturated heterocycles. The topological polar surface area (TPSA) is 65.6 Å². The highest BCUT2D eigenvalue weighted by Gasteiger charge is 2.07. The molecule has 64 valence electrons. The van der Waals surface area contributed by atoms with E-state index in [4.69, 9.17) is 11.0 Å². The molecule has 0 atom stereocenters. The van der Waals surface area contributed by atoms with Gasteiger partial charge in [0.2, 0.25) is 0 Å². The van der Waals surface area contributed by atoms with Gasteiger partial charge in [-0.25, -0.2) is 0 Å². The number of nitrogens with zero attached hydrogens (tertiary/aromatic N) is 1. The molecule has 2 rings (SSSR count). The maximum atomic E-state index is 8.83. The molecule has 0 unspecified atom stereocenters. The Kier molecular flexibility index (Phi) is 1.49. The Bertz CT molecular complexity index is 503. The van der Waals surface area contributed by atoms with Crippen LogP contribution in [0.4, 0.5) is 5.69 Å². The number of hydrogen-bond acceptors (Lipinski definition) is 2. The van der Waals surface area contributed by atoms with Gasteiger partial charge in [0.1, 0.15) is 6.07 Å². The molecule has 0 saturated carbocycles. The zero-order valence-corrected chi connectivity index (χ0v) is 7.26. The Morgan fingerprint density at radius 1 is 1.46 bits per heavy atom. The van der Waals surface area contributed by atoms with Crippen molar-refractivity contribution in [1.29, 1.82) is 5.26 Å². The summed E-state index contributed by atoms with van der Waals surface area (Å²) >= 11 is 0. The van der Waals surface area contributed by atoms with E-state index in [0.29, 0.717) is 11.3 Å². The van der Waals surface area contributed by atoms with Crippen molar-refractivity contribution in [1.82, 2.24) is 4.98 Å². The molecule has 0 radical (unpaired) electrons. The number of H-pyrrole nitrogens is 1. The first kappa shape index (κ1) is 7.69. The number of aromatic amines is 1. The van der Waals surface area contributed by atoms with Crippen molar-refractivity contribution in [3.63, 3.8) is 0 Å². The lowest BCUT2D eigenvalue weighted by Gasteiger charge is -1.99. The highest BCUT2D eigenvalue weighted by molar-refractivity contribution is 5.96. The molecule has 1 aromatic heterocycles. The van der Waals surface area contributed by atoms with Gasteiger partial charge in [-0.3, -0.25) is 0 Å². The molecular formula is C10H9N3. The molecule has 0 bridgehead atoms. The Balaban J connectivity index is 2.98. The predicted octanol–water partition coefficient (Wildman–Crippen LogP) is 1.93. The van der Waals surface area contributed by atoms with E-state index in [0.717, 1.165) is 16.5 Å². The van der Waals surface area contributed by atoms with Gasteiger partial charge in [-0.05, 0) is 18.6 Å². The van der Waals surface area contributed by atoms with Crippen LogP contribution in [0.2, 0.25) is 0 Å². The summed E-state index contributed by atoms with van der Waals surface area (Å²) in [5, 5.41) is 9.76. The van der Waals surface area contributed by atoms with Gasteiger partial charge in [-0.15, -0.1) is 0 Å². The van der Waals surface area contributed by atoms with Gasteiger partial charge in [0.05, 0.1) is 16.8 Å². The number of nitrogen functional groups attached to an aromatic ring is 1. The van der Waals surface area contributed by atoms with Crippen molar-refractivity contribution in [2.24, 2.45) is 0 Å². The van der Waals surface area contributed by atoms with Gasteiger partial charge in [-0.2, -0.15) is 5.26 Å². The smallest absolute Gasteiger partial charge is 0.101 e. The average molecular weight is 171 g/mol. The van der Waals surface area contributed by atoms with E-state index in [9.17, 15) is 0 Å². The van der Waals surface area contributed by atoms with Crippen molar-refractivity contribution in [3.8, 4) is 6.07 Å². The van der Waals surface area contributed by atoms with Crippen LogP contribution >= 0.6 is 0 Å². The highest BCUT2D eigenvalue weighted by atomic mass is 14.7. The summed E-state index contributed by atoms with van der Waals surface area (Å²) in [6, 6.07) is 5.90. The number of rotatable bonds is 0. The lowest BCUT2D eigenvalue weighted by atomic mass is 10.1. The number of benzene rings is 1. The van der Waals surface area contributed by atoms with Crippen molar-refractivity contribution in [2.75, 3.05) is 5.73 Å². The maximum Gasteiger partial charge on any atom is 0.101 e. The summed E-state index contributed by atoms with van der Waals surface area (Å²) in [6.45, 7) is 1.97. The lowest BCUT2D eigenvalue weighted by Crippen LogP contribution is -1.87. The normalized spacial score (nSPS) is 10.2. The average Bonchev–Trinajstić information content (AvgIpc) is 2.56. The zero-order valence-electron chi connectivity index (χ0n) is 7.26. The molecule has 0 aliphatic carbocycles. The quantitative estimate of drug-likeness (QED) is 0.595. The fourth-order valence-corrected chi connectivity index (χ4v) is 1.53. The fraction of sp³-hybridized carbons (Fsp3) is 0.100.